The van der Waals surface area contributed by atoms with Crippen molar-refractivity contribution in [2.75, 3.05) is 0 Å². The molecule has 0 spiro atoms. The molecule has 10 nitrogen and oxygen atoms in total. The van der Waals surface area contributed by atoms with Crippen LogP contribution in [-0.4, -0.2) is 60.6 Å². The van der Waals surface area contributed by atoms with Gasteiger partial charge in [-0.05, 0) is 73.4 Å². The summed E-state index contributed by atoms with van der Waals surface area (Å²) in [7, 11) is -6.05. The van der Waals surface area contributed by atoms with E-state index in [9.17, 15) is 57.5 Å². The number of alkyl halides is 9. The van der Waals surface area contributed by atoms with E-state index in [1.807, 2.05) is 19.1 Å². The Morgan fingerprint density at radius 2 is 1.13 bits per heavy atom. The van der Waals surface area contributed by atoms with Gasteiger partial charge in [-0.15, -0.1) is 0 Å². The summed E-state index contributed by atoms with van der Waals surface area (Å²) in [5.41, 5.74) is -6.10. The lowest BCUT2D eigenvalue weighted by Crippen LogP contribution is -2.40. The van der Waals surface area contributed by atoms with E-state index in [0.717, 1.165) is 31.1 Å². The second kappa shape index (κ2) is 14.6. The molecule has 2 aliphatic rings. The molecule has 2 unspecified atom stereocenters. The van der Waals surface area contributed by atoms with E-state index in [1.54, 1.807) is 25.1 Å². The van der Waals surface area contributed by atoms with Crippen LogP contribution in [0.5, 0.6) is 28.7 Å². The zero-order valence-corrected chi connectivity index (χ0v) is 27.9. The first-order valence-electron chi connectivity index (χ1n) is 14.8. The van der Waals surface area contributed by atoms with Crippen LogP contribution >= 0.6 is 0 Å². The highest BCUT2D eigenvalue weighted by atomic mass is 32.2. The average Bonchev–Trinajstić information content (AvgIpc) is 3.03. The van der Waals surface area contributed by atoms with Crippen molar-refractivity contribution in [3.05, 3.63) is 87.5 Å². The predicted molar refractivity (Wildman–Crippen MR) is 166 cm³/mol. The maximum absolute atomic E-state index is 13.2. The van der Waals surface area contributed by atoms with Gasteiger partial charge in [0, 0.05) is 23.3 Å². The smallest absolute Gasteiger partial charge is 0.478 e. The molecule has 286 valence electrons. The molecule has 0 saturated heterocycles. The lowest BCUT2D eigenvalue weighted by atomic mass is 9.99. The number of hydrogen-bond acceptors (Lipinski definition) is 8. The molecule has 3 aromatic rings. The highest BCUT2D eigenvalue weighted by Crippen LogP contribution is 2.42. The molecule has 0 bridgehead atoms. The van der Waals surface area contributed by atoms with Crippen molar-refractivity contribution < 1.29 is 86.1 Å². The summed E-state index contributed by atoms with van der Waals surface area (Å²) in [4.78, 5) is 22.2. The number of fused-ring (bicyclic) bond motifs is 2. The maximum atomic E-state index is 13.2. The molecular formula is C33H25F9O10S. The van der Waals surface area contributed by atoms with Crippen LogP contribution in [0.2, 0.25) is 0 Å². The van der Waals surface area contributed by atoms with Crippen molar-refractivity contribution in [3.8, 4) is 28.7 Å². The standard InChI is InChI=1S/C20H17F3O4.C13H8F6O6S/c1-3-12-4-6-14(7-5-12)26-16-10-17-13(8-11(16)2)9-15(19(24)25)18(27-17)20(21,22)23;1-5-2-6-3-7(11(20)21)10(12(14,15)16)24-9(6)4-8(5)25-26(22,23)13(17,18)19/h4-10,18H,3H2,1-2H3,(H,24,25);2-4,10H,1H3,(H,20,21). The van der Waals surface area contributed by atoms with E-state index in [4.69, 9.17) is 19.7 Å². The summed E-state index contributed by atoms with van der Waals surface area (Å²) < 4.78 is 157. The largest absolute Gasteiger partial charge is 0.534 e. The zero-order chi connectivity index (χ0) is 39.8. The number of halogens is 9. The number of carbonyl (C=O) groups is 2. The van der Waals surface area contributed by atoms with Gasteiger partial charge in [0.1, 0.15) is 28.7 Å². The lowest BCUT2D eigenvalue weighted by molar-refractivity contribution is -0.187. The number of hydrogen-bond donors (Lipinski definition) is 2. The van der Waals surface area contributed by atoms with Gasteiger partial charge in [-0.25, -0.2) is 9.59 Å². The third-order valence-corrected chi connectivity index (χ3v) is 8.39. The Morgan fingerprint density at radius 3 is 1.51 bits per heavy atom. The molecule has 0 radical (unpaired) electrons. The Morgan fingerprint density at radius 1 is 0.717 bits per heavy atom. The van der Waals surface area contributed by atoms with Gasteiger partial charge in [0.15, 0.2) is 0 Å². The second-order valence-corrected chi connectivity index (χ2v) is 12.8. The molecule has 0 amide bonds. The maximum Gasteiger partial charge on any atom is 0.534 e. The van der Waals surface area contributed by atoms with Crippen LogP contribution < -0.4 is 18.4 Å². The molecular weight excluding hydrogens is 759 g/mol. The summed E-state index contributed by atoms with van der Waals surface area (Å²) in [6.45, 7) is 4.86. The quantitative estimate of drug-likeness (QED) is 0.137. The Bertz CT molecular complexity index is 2080. The van der Waals surface area contributed by atoms with Crippen molar-refractivity contribution in [1.29, 1.82) is 0 Å². The third-order valence-electron chi connectivity index (χ3n) is 7.42. The average molecular weight is 785 g/mol. The molecule has 2 heterocycles. The zero-order valence-electron chi connectivity index (χ0n) is 27.1. The fourth-order valence-corrected chi connectivity index (χ4v) is 5.31. The summed E-state index contributed by atoms with van der Waals surface area (Å²) >= 11 is 0. The van der Waals surface area contributed by atoms with Crippen LogP contribution in [0.4, 0.5) is 39.5 Å². The molecule has 2 atom stereocenters. The van der Waals surface area contributed by atoms with Crippen molar-refractivity contribution in [2.45, 2.75) is 57.3 Å². The number of aliphatic carboxylic acids is 2. The molecule has 0 aromatic heterocycles. The number of carboxylic acids is 2. The van der Waals surface area contributed by atoms with Crippen LogP contribution in [0.3, 0.4) is 0 Å². The lowest BCUT2D eigenvalue weighted by Gasteiger charge is -2.27. The van der Waals surface area contributed by atoms with Gasteiger partial charge in [-0.3, -0.25) is 0 Å². The minimum Gasteiger partial charge on any atom is -0.478 e. The number of benzene rings is 3. The topological polar surface area (TPSA) is 146 Å². The fraction of sp³-hybridized carbons (Fsp3) is 0.273. The van der Waals surface area contributed by atoms with Crippen molar-refractivity contribution in [1.82, 2.24) is 0 Å². The molecule has 3 aromatic carbocycles. The Kier molecular flexibility index (Phi) is 11.1. The SMILES string of the molecule is CCc1ccc(Oc2cc3c(cc2C)C=C(C(=O)O)C(C(F)(F)F)O3)cc1.Cc1cc2c(cc1OS(=O)(=O)C(F)(F)F)OC(C(F)(F)F)C(C(=O)O)=C2. The number of ether oxygens (including phenoxy) is 3. The van der Waals surface area contributed by atoms with Gasteiger partial charge >= 0.3 is 39.9 Å². The molecule has 0 aliphatic carbocycles. The van der Waals surface area contributed by atoms with E-state index in [0.29, 0.717) is 29.2 Å². The van der Waals surface area contributed by atoms with E-state index in [2.05, 4.69) is 8.92 Å². The van der Waals surface area contributed by atoms with E-state index >= 15 is 0 Å². The number of rotatable bonds is 7. The summed E-state index contributed by atoms with van der Waals surface area (Å²) in [6, 6.07) is 11.7. The van der Waals surface area contributed by atoms with Gasteiger partial charge in [-0.1, -0.05) is 19.1 Å². The van der Waals surface area contributed by atoms with Gasteiger partial charge in [0.25, 0.3) is 0 Å². The molecule has 2 aliphatic heterocycles. The normalized spacial score (nSPS) is 17.0. The minimum absolute atomic E-state index is 0.0758. The minimum atomic E-state index is -6.05. The van der Waals surface area contributed by atoms with Crippen LogP contribution in [-0.2, 0) is 26.1 Å². The first-order chi connectivity index (χ1) is 24.3. The van der Waals surface area contributed by atoms with Crippen LogP contribution in [0.25, 0.3) is 12.2 Å². The van der Waals surface area contributed by atoms with Crippen LogP contribution in [0.1, 0.15) is 34.7 Å². The third kappa shape index (κ3) is 9.16. The molecule has 0 fully saturated rings. The molecule has 0 saturated carbocycles. The molecule has 2 N–H and O–H groups in total. The molecule has 53 heavy (non-hydrogen) atoms. The molecule has 5 rings (SSSR count). The summed E-state index contributed by atoms with van der Waals surface area (Å²) in [5.74, 6) is -4.36. The van der Waals surface area contributed by atoms with Crippen molar-refractivity contribution >= 4 is 34.2 Å². The second-order valence-electron chi connectivity index (χ2n) is 11.3. The van der Waals surface area contributed by atoms with E-state index in [-0.39, 0.29) is 22.4 Å². The van der Waals surface area contributed by atoms with Crippen LogP contribution in [0, 0.1) is 13.8 Å². The van der Waals surface area contributed by atoms with Gasteiger partial charge in [0.05, 0.1) is 11.1 Å². The van der Waals surface area contributed by atoms with Gasteiger partial charge < -0.3 is 28.6 Å². The fourth-order valence-electron chi connectivity index (χ4n) is 4.80. The van der Waals surface area contributed by atoms with Gasteiger partial charge in [-0.2, -0.15) is 47.9 Å². The Balaban J connectivity index is 0.000000237. The highest BCUT2D eigenvalue weighted by molar-refractivity contribution is 7.88. The predicted octanol–water partition coefficient (Wildman–Crippen LogP) is 8.16. The number of carboxylic acid groups (broad SMARTS) is 2. The van der Waals surface area contributed by atoms with Crippen molar-refractivity contribution in [2.24, 2.45) is 0 Å². The van der Waals surface area contributed by atoms with Crippen LogP contribution in [0.15, 0.2) is 59.7 Å². The monoisotopic (exact) mass is 784 g/mol. The van der Waals surface area contributed by atoms with E-state index in [1.165, 1.54) is 6.07 Å². The summed E-state index contributed by atoms with van der Waals surface area (Å²) in [5, 5.41) is 18.0. The van der Waals surface area contributed by atoms with Gasteiger partial charge in [0.2, 0.25) is 12.2 Å². The molecule has 20 heteroatoms. The van der Waals surface area contributed by atoms with Crippen molar-refractivity contribution in [3.63, 3.8) is 0 Å². The first kappa shape index (κ1) is 40.4. The highest BCUT2D eigenvalue weighted by Gasteiger charge is 2.51. The Hall–Kier alpha value is -5.40. The summed E-state index contributed by atoms with van der Waals surface area (Å²) in [6.07, 6.45) is -12.9. The Labute approximate surface area is 293 Å². The first-order valence-corrected chi connectivity index (χ1v) is 16.2. The number of aryl methyl sites for hydroxylation is 3. The van der Waals surface area contributed by atoms with E-state index < -0.39 is 74.8 Å².